The standard InChI is InChI=1S/C13H17ClFNO/c1-4-16(8-9(2)3)13(17)10-5-6-12(15)11(14)7-10/h5-7,9H,4,8H2,1-3H3. The molecular formula is C13H17ClFNO. The van der Waals surface area contributed by atoms with Crippen molar-refractivity contribution in [2.24, 2.45) is 5.92 Å². The highest BCUT2D eigenvalue weighted by Gasteiger charge is 2.16. The van der Waals surface area contributed by atoms with Gasteiger partial charge < -0.3 is 4.90 Å². The molecule has 0 aromatic heterocycles. The summed E-state index contributed by atoms with van der Waals surface area (Å²) in [6, 6.07) is 4.06. The van der Waals surface area contributed by atoms with E-state index in [1.807, 2.05) is 20.8 Å². The fraction of sp³-hybridized carbons (Fsp3) is 0.462. The summed E-state index contributed by atoms with van der Waals surface area (Å²) < 4.78 is 13.0. The van der Waals surface area contributed by atoms with Crippen LogP contribution in [0.25, 0.3) is 0 Å². The van der Waals surface area contributed by atoms with Crippen LogP contribution in [0.2, 0.25) is 5.02 Å². The molecule has 94 valence electrons. The Balaban J connectivity index is 2.90. The predicted octanol–water partition coefficient (Wildman–Crippen LogP) is 3.60. The van der Waals surface area contributed by atoms with E-state index in [9.17, 15) is 9.18 Å². The third-order valence-corrected chi connectivity index (χ3v) is 2.71. The van der Waals surface area contributed by atoms with E-state index < -0.39 is 5.82 Å². The van der Waals surface area contributed by atoms with E-state index >= 15 is 0 Å². The second kappa shape index (κ2) is 6.01. The summed E-state index contributed by atoms with van der Waals surface area (Å²) in [4.78, 5) is 13.9. The zero-order chi connectivity index (χ0) is 13.0. The lowest BCUT2D eigenvalue weighted by atomic mass is 10.1. The third kappa shape index (κ3) is 3.70. The van der Waals surface area contributed by atoms with Crippen LogP contribution in [0.15, 0.2) is 18.2 Å². The summed E-state index contributed by atoms with van der Waals surface area (Å²) in [7, 11) is 0. The molecule has 0 heterocycles. The average molecular weight is 258 g/mol. The highest BCUT2D eigenvalue weighted by molar-refractivity contribution is 6.31. The van der Waals surface area contributed by atoms with Gasteiger partial charge in [-0.1, -0.05) is 25.4 Å². The van der Waals surface area contributed by atoms with Crippen molar-refractivity contribution in [1.29, 1.82) is 0 Å². The molecule has 0 N–H and O–H groups in total. The molecular weight excluding hydrogens is 241 g/mol. The molecule has 0 atom stereocenters. The Kier molecular flexibility index (Phi) is 4.94. The van der Waals surface area contributed by atoms with Crippen molar-refractivity contribution in [3.05, 3.63) is 34.6 Å². The molecule has 17 heavy (non-hydrogen) atoms. The van der Waals surface area contributed by atoms with Gasteiger partial charge in [0.25, 0.3) is 5.91 Å². The first kappa shape index (κ1) is 14.0. The molecule has 0 fully saturated rings. The van der Waals surface area contributed by atoms with Crippen molar-refractivity contribution >= 4 is 17.5 Å². The Labute approximate surface area is 106 Å². The van der Waals surface area contributed by atoms with Crippen molar-refractivity contribution in [3.63, 3.8) is 0 Å². The van der Waals surface area contributed by atoms with E-state index in [2.05, 4.69) is 0 Å². The summed E-state index contributed by atoms with van der Waals surface area (Å²) in [5.41, 5.74) is 0.430. The first-order valence-corrected chi connectivity index (χ1v) is 6.07. The van der Waals surface area contributed by atoms with E-state index in [1.54, 1.807) is 4.90 Å². The minimum absolute atomic E-state index is 0.0172. The van der Waals surface area contributed by atoms with E-state index in [-0.39, 0.29) is 10.9 Å². The van der Waals surface area contributed by atoms with Gasteiger partial charge in [0.2, 0.25) is 0 Å². The lowest BCUT2D eigenvalue weighted by Crippen LogP contribution is -2.34. The number of hydrogen-bond acceptors (Lipinski definition) is 1. The van der Waals surface area contributed by atoms with Crippen molar-refractivity contribution in [2.75, 3.05) is 13.1 Å². The van der Waals surface area contributed by atoms with Gasteiger partial charge in [0.1, 0.15) is 5.82 Å². The zero-order valence-electron chi connectivity index (χ0n) is 10.3. The topological polar surface area (TPSA) is 20.3 Å². The first-order chi connectivity index (χ1) is 7.95. The van der Waals surface area contributed by atoms with Crippen LogP contribution >= 0.6 is 11.6 Å². The Morgan fingerprint density at radius 1 is 1.47 bits per heavy atom. The molecule has 0 aliphatic rings. The Morgan fingerprint density at radius 3 is 2.59 bits per heavy atom. The molecule has 0 spiro atoms. The number of amides is 1. The lowest BCUT2D eigenvalue weighted by molar-refractivity contribution is 0.0745. The molecule has 0 bridgehead atoms. The van der Waals surface area contributed by atoms with Crippen molar-refractivity contribution < 1.29 is 9.18 Å². The second-order valence-electron chi connectivity index (χ2n) is 4.37. The maximum absolute atomic E-state index is 13.0. The monoisotopic (exact) mass is 257 g/mol. The molecule has 1 aromatic rings. The van der Waals surface area contributed by atoms with E-state index in [0.717, 1.165) is 0 Å². The minimum Gasteiger partial charge on any atom is -0.339 e. The fourth-order valence-electron chi connectivity index (χ4n) is 1.61. The lowest BCUT2D eigenvalue weighted by Gasteiger charge is -2.23. The van der Waals surface area contributed by atoms with Gasteiger partial charge in [0.15, 0.2) is 0 Å². The largest absolute Gasteiger partial charge is 0.339 e. The van der Waals surface area contributed by atoms with E-state index in [4.69, 9.17) is 11.6 Å². The van der Waals surface area contributed by atoms with Gasteiger partial charge in [0, 0.05) is 18.7 Å². The van der Waals surface area contributed by atoms with Crippen LogP contribution in [0.4, 0.5) is 4.39 Å². The van der Waals surface area contributed by atoms with E-state index in [0.29, 0.717) is 24.6 Å². The molecule has 0 aliphatic carbocycles. The van der Waals surface area contributed by atoms with E-state index in [1.165, 1.54) is 18.2 Å². The SMILES string of the molecule is CCN(CC(C)C)C(=O)c1ccc(F)c(Cl)c1. The maximum Gasteiger partial charge on any atom is 0.253 e. The Bertz CT molecular complexity index is 406. The third-order valence-electron chi connectivity index (χ3n) is 2.42. The average Bonchev–Trinajstić information content (AvgIpc) is 2.28. The second-order valence-corrected chi connectivity index (χ2v) is 4.77. The molecule has 1 aromatic carbocycles. The molecule has 0 saturated carbocycles. The highest BCUT2D eigenvalue weighted by atomic mass is 35.5. The fourth-order valence-corrected chi connectivity index (χ4v) is 1.79. The number of hydrogen-bond donors (Lipinski definition) is 0. The molecule has 0 radical (unpaired) electrons. The Morgan fingerprint density at radius 2 is 2.12 bits per heavy atom. The van der Waals surface area contributed by atoms with Gasteiger partial charge in [-0.05, 0) is 31.0 Å². The molecule has 1 amide bonds. The molecule has 0 aliphatic heterocycles. The van der Waals surface area contributed by atoms with Crippen LogP contribution < -0.4 is 0 Å². The molecule has 1 rings (SSSR count). The Hall–Kier alpha value is -1.09. The van der Waals surface area contributed by atoms with Crippen molar-refractivity contribution in [2.45, 2.75) is 20.8 Å². The summed E-state index contributed by atoms with van der Waals surface area (Å²) in [5, 5.41) is -0.0172. The predicted molar refractivity (Wildman–Crippen MR) is 67.8 cm³/mol. The molecule has 2 nitrogen and oxygen atoms in total. The van der Waals surface area contributed by atoms with Crippen molar-refractivity contribution in [1.82, 2.24) is 4.90 Å². The number of carbonyl (C=O) groups is 1. The van der Waals surface area contributed by atoms with Gasteiger partial charge in [0.05, 0.1) is 5.02 Å². The van der Waals surface area contributed by atoms with Crippen LogP contribution in [0, 0.1) is 11.7 Å². The summed E-state index contributed by atoms with van der Waals surface area (Å²) >= 11 is 5.67. The van der Waals surface area contributed by atoms with Crippen LogP contribution in [0.3, 0.4) is 0 Å². The van der Waals surface area contributed by atoms with Gasteiger partial charge >= 0.3 is 0 Å². The zero-order valence-corrected chi connectivity index (χ0v) is 11.1. The van der Waals surface area contributed by atoms with Crippen LogP contribution in [-0.2, 0) is 0 Å². The van der Waals surface area contributed by atoms with Gasteiger partial charge in [-0.15, -0.1) is 0 Å². The number of nitrogens with zero attached hydrogens (tertiary/aromatic N) is 1. The highest BCUT2D eigenvalue weighted by Crippen LogP contribution is 2.17. The maximum atomic E-state index is 13.0. The molecule has 0 unspecified atom stereocenters. The summed E-state index contributed by atoms with van der Waals surface area (Å²) in [6.07, 6.45) is 0. The quantitative estimate of drug-likeness (QED) is 0.807. The summed E-state index contributed by atoms with van der Waals surface area (Å²) in [6.45, 7) is 7.34. The number of halogens is 2. The normalized spacial score (nSPS) is 10.7. The minimum atomic E-state index is -0.505. The van der Waals surface area contributed by atoms with Crippen LogP contribution in [0.5, 0.6) is 0 Å². The van der Waals surface area contributed by atoms with Gasteiger partial charge in [-0.2, -0.15) is 0 Å². The number of carbonyl (C=O) groups excluding carboxylic acids is 1. The van der Waals surface area contributed by atoms with Crippen molar-refractivity contribution in [3.8, 4) is 0 Å². The van der Waals surface area contributed by atoms with Gasteiger partial charge in [-0.3, -0.25) is 4.79 Å². The first-order valence-electron chi connectivity index (χ1n) is 5.70. The van der Waals surface area contributed by atoms with Gasteiger partial charge in [-0.25, -0.2) is 4.39 Å². The smallest absolute Gasteiger partial charge is 0.253 e. The molecule has 0 saturated heterocycles. The van der Waals surface area contributed by atoms with Crippen LogP contribution in [-0.4, -0.2) is 23.9 Å². The van der Waals surface area contributed by atoms with Crippen LogP contribution in [0.1, 0.15) is 31.1 Å². The summed E-state index contributed by atoms with van der Waals surface area (Å²) in [5.74, 6) is -0.215. The number of rotatable bonds is 4. The molecule has 4 heteroatoms. The number of benzene rings is 1.